The van der Waals surface area contributed by atoms with Crippen LogP contribution in [-0.4, -0.2) is 48.7 Å². The average molecular weight is 599 g/mol. The molecule has 4 aromatic rings. The molecule has 43 heavy (non-hydrogen) atoms. The van der Waals surface area contributed by atoms with Crippen molar-refractivity contribution in [2.24, 2.45) is 0 Å². The molecule has 0 aliphatic carbocycles. The summed E-state index contributed by atoms with van der Waals surface area (Å²) < 4.78 is 38.0. The van der Waals surface area contributed by atoms with E-state index in [-0.39, 0.29) is 6.61 Å². The number of benzene rings is 4. The Balaban J connectivity index is 1.24. The molecule has 6 rings (SSSR count). The zero-order chi connectivity index (χ0) is 29.3. The molecule has 0 radical (unpaired) electrons. The van der Waals surface area contributed by atoms with E-state index in [9.17, 15) is 4.79 Å². The van der Waals surface area contributed by atoms with Gasteiger partial charge in [-0.3, -0.25) is 0 Å². The predicted octanol–water partition coefficient (Wildman–Crippen LogP) is 6.16. The van der Waals surface area contributed by atoms with Gasteiger partial charge in [-0.1, -0.05) is 121 Å². The maximum Gasteiger partial charge on any atom is 0.346 e. The van der Waals surface area contributed by atoms with Gasteiger partial charge in [0.15, 0.2) is 12.4 Å². The van der Waals surface area contributed by atoms with Crippen LogP contribution >= 0.6 is 11.8 Å². The third-order valence-electron chi connectivity index (χ3n) is 7.24. The van der Waals surface area contributed by atoms with Crippen LogP contribution in [0.3, 0.4) is 0 Å². The van der Waals surface area contributed by atoms with Crippen molar-refractivity contribution < 1.29 is 33.2 Å². The molecule has 0 N–H and O–H groups in total. The smallest absolute Gasteiger partial charge is 0.346 e. The molecule has 0 amide bonds. The van der Waals surface area contributed by atoms with Crippen LogP contribution in [0.5, 0.6) is 0 Å². The Kier molecular flexibility index (Phi) is 10.2. The van der Waals surface area contributed by atoms with E-state index in [2.05, 4.69) is 0 Å². The molecule has 2 aliphatic rings. The van der Waals surface area contributed by atoms with Gasteiger partial charge in [0.05, 0.1) is 26.4 Å². The van der Waals surface area contributed by atoms with Gasteiger partial charge in [0.25, 0.3) is 0 Å². The highest BCUT2D eigenvalue weighted by Gasteiger charge is 2.54. The number of carbonyl (C=O) groups is 1. The minimum atomic E-state index is -0.870. The summed E-state index contributed by atoms with van der Waals surface area (Å²) in [6, 6.07) is 39.3. The molecular weight excluding hydrogens is 564 g/mol. The standard InChI is InChI=1S/C35H34O7S/c36-33-35(43-28-19-11-4-12-20-28)42-31-30(41-33)29(24-37-21-25-13-5-1-6-14-25)40-34(39-23-27-17-9-3-10-18-27)32(31)38-22-26-15-7-2-8-16-26/h1-20,29-32,34-35H,21-24H2/t29-,30+,31+,32-,34-,35+/m1/s1. The first-order valence-corrected chi connectivity index (χ1v) is 15.3. The van der Waals surface area contributed by atoms with Gasteiger partial charge in [0.1, 0.15) is 18.3 Å². The van der Waals surface area contributed by atoms with Crippen molar-refractivity contribution in [1.29, 1.82) is 0 Å². The van der Waals surface area contributed by atoms with Crippen molar-refractivity contribution >= 4 is 17.7 Å². The fourth-order valence-electron chi connectivity index (χ4n) is 5.09. The Hall–Kier alpha value is -3.50. The van der Waals surface area contributed by atoms with Crippen molar-refractivity contribution in [2.45, 2.75) is 60.9 Å². The second-order valence-electron chi connectivity index (χ2n) is 10.4. The molecular formula is C35H34O7S. The molecule has 7 nitrogen and oxygen atoms in total. The molecule has 222 valence electrons. The highest BCUT2D eigenvalue weighted by Crippen LogP contribution is 2.38. The molecule has 2 fully saturated rings. The minimum Gasteiger partial charge on any atom is -0.454 e. The number of ether oxygens (including phenoxy) is 6. The molecule has 0 saturated carbocycles. The lowest BCUT2D eigenvalue weighted by Gasteiger charge is -2.48. The minimum absolute atomic E-state index is 0.180. The van der Waals surface area contributed by atoms with E-state index in [1.165, 1.54) is 11.8 Å². The fourth-order valence-corrected chi connectivity index (χ4v) is 5.99. The van der Waals surface area contributed by atoms with E-state index >= 15 is 0 Å². The summed E-state index contributed by atoms with van der Waals surface area (Å²) in [6.07, 6.45) is -3.49. The van der Waals surface area contributed by atoms with Crippen molar-refractivity contribution in [3.05, 3.63) is 138 Å². The zero-order valence-electron chi connectivity index (χ0n) is 23.6. The second-order valence-corrected chi connectivity index (χ2v) is 11.5. The molecule has 0 unspecified atom stereocenters. The number of rotatable bonds is 12. The lowest BCUT2D eigenvalue weighted by molar-refractivity contribution is -0.335. The van der Waals surface area contributed by atoms with Crippen molar-refractivity contribution in [1.82, 2.24) is 0 Å². The van der Waals surface area contributed by atoms with Crippen LogP contribution in [0.15, 0.2) is 126 Å². The van der Waals surface area contributed by atoms with Crippen LogP contribution in [0, 0.1) is 0 Å². The quantitative estimate of drug-likeness (QED) is 0.180. The Bertz CT molecular complexity index is 1410. The van der Waals surface area contributed by atoms with E-state index in [4.69, 9.17) is 28.4 Å². The lowest BCUT2D eigenvalue weighted by atomic mass is 9.97. The van der Waals surface area contributed by atoms with E-state index in [0.29, 0.717) is 19.8 Å². The van der Waals surface area contributed by atoms with Crippen molar-refractivity contribution in [3.8, 4) is 0 Å². The summed E-state index contributed by atoms with van der Waals surface area (Å²) in [5.74, 6) is -0.461. The van der Waals surface area contributed by atoms with Crippen LogP contribution in [0.2, 0.25) is 0 Å². The molecule has 0 spiro atoms. The molecule has 2 saturated heterocycles. The molecule has 6 atom stereocenters. The number of thioether (sulfide) groups is 1. The normalized spacial score (nSPS) is 25.1. The zero-order valence-corrected chi connectivity index (χ0v) is 24.4. The van der Waals surface area contributed by atoms with Gasteiger partial charge in [-0.05, 0) is 28.8 Å². The van der Waals surface area contributed by atoms with Gasteiger partial charge in [0.2, 0.25) is 5.44 Å². The van der Waals surface area contributed by atoms with Crippen LogP contribution in [0.25, 0.3) is 0 Å². The largest absolute Gasteiger partial charge is 0.454 e. The van der Waals surface area contributed by atoms with Gasteiger partial charge in [-0.25, -0.2) is 4.79 Å². The molecule has 8 heteroatoms. The highest BCUT2D eigenvalue weighted by molar-refractivity contribution is 8.00. The molecule has 2 aliphatic heterocycles. The molecule has 2 heterocycles. The van der Waals surface area contributed by atoms with E-state index < -0.39 is 42.1 Å². The fraction of sp³-hybridized carbons (Fsp3) is 0.286. The first kappa shape index (κ1) is 29.6. The number of esters is 1. The maximum absolute atomic E-state index is 13.2. The first-order valence-electron chi connectivity index (χ1n) is 14.4. The highest BCUT2D eigenvalue weighted by atomic mass is 32.2. The second kappa shape index (κ2) is 14.8. The first-order chi connectivity index (χ1) is 21.2. The number of hydrogen-bond donors (Lipinski definition) is 0. The van der Waals surface area contributed by atoms with E-state index in [1.54, 1.807) is 0 Å². The van der Waals surface area contributed by atoms with Crippen molar-refractivity contribution in [2.75, 3.05) is 6.61 Å². The van der Waals surface area contributed by atoms with Crippen LogP contribution in [-0.2, 0) is 53.0 Å². The van der Waals surface area contributed by atoms with Gasteiger partial charge < -0.3 is 28.4 Å². The monoisotopic (exact) mass is 598 g/mol. The summed E-state index contributed by atoms with van der Waals surface area (Å²) in [5.41, 5.74) is 2.16. The predicted molar refractivity (Wildman–Crippen MR) is 162 cm³/mol. The van der Waals surface area contributed by atoms with Gasteiger partial charge in [0, 0.05) is 4.90 Å². The van der Waals surface area contributed by atoms with Gasteiger partial charge >= 0.3 is 5.97 Å². The lowest BCUT2D eigenvalue weighted by Crippen LogP contribution is -2.65. The summed E-state index contributed by atoms with van der Waals surface area (Å²) >= 11 is 1.31. The van der Waals surface area contributed by atoms with Crippen LogP contribution in [0.1, 0.15) is 16.7 Å². The number of fused-ring (bicyclic) bond motifs is 1. The Labute approximate surface area is 256 Å². The Morgan fingerprint density at radius 1 is 0.605 bits per heavy atom. The summed E-state index contributed by atoms with van der Waals surface area (Å²) in [7, 11) is 0. The topological polar surface area (TPSA) is 72.5 Å². The third kappa shape index (κ3) is 7.92. The summed E-state index contributed by atoms with van der Waals surface area (Å²) in [6.45, 7) is 1.20. The SMILES string of the molecule is O=C1O[C@@H]2[C@H](O[C@H]1Sc1ccccc1)[C@@H](OCc1ccccc1)[C@H](OCc1ccccc1)O[C@@H]2COCc1ccccc1. The van der Waals surface area contributed by atoms with Gasteiger partial charge in [-0.2, -0.15) is 0 Å². The molecule has 0 bridgehead atoms. The Morgan fingerprint density at radius 2 is 1.14 bits per heavy atom. The Morgan fingerprint density at radius 3 is 1.74 bits per heavy atom. The summed E-state index contributed by atoms with van der Waals surface area (Å²) in [5, 5.41) is 0. The molecule has 0 aromatic heterocycles. The van der Waals surface area contributed by atoms with E-state index in [1.807, 2.05) is 121 Å². The van der Waals surface area contributed by atoms with E-state index in [0.717, 1.165) is 21.6 Å². The maximum atomic E-state index is 13.2. The number of hydrogen-bond acceptors (Lipinski definition) is 8. The van der Waals surface area contributed by atoms with Crippen LogP contribution in [0.4, 0.5) is 0 Å². The van der Waals surface area contributed by atoms with Crippen molar-refractivity contribution in [3.63, 3.8) is 0 Å². The third-order valence-corrected chi connectivity index (χ3v) is 8.30. The number of carbonyl (C=O) groups excluding carboxylic acids is 1. The van der Waals surface area contributed by atoms with Crippen LogP contribution < -0.4 is 0 Å². The summed E-state index contributed by atoms with van der Waals surface area (Å²) in [4.78, 5) is 14.1. The average Bonchev–Trinajstić information content (AvgIpc) is 3.06. The van der Waals surface area contributed by atoms with Gasteiger partial charge in [-0.15, -0.1) is 0 Å². The molecule has 4 aromatic carbocycles.